The first kappa shape index (κ1) is 21.0. The van der Waals surface area contributed by atoms with Gasteiger partial charge in [-0.05, 0) is 55.3 Å². The minimum Gasteiger partial charge on any atom is -0.353 e. The molecule has 0 bridgehead atoms. The molecule has 160 valence electrons. The number of aryl methyl sites for hydroxylation is 1. The highest BCUT2D eigenvalue weighted by atomic mass is 15.3. The molecule has 0 radical (unpaired) electrons. The number of nitrogens with one attached hydrogen (secondary N) is 1. The summed E-state index contributed by atoms with van der Waals surface area (Å²) in [7, 11) is 1.96. The molecule has 1 fully saturated rings. The molecule has 1 saturated heterocycles. The number of piperazine rings is 1. The van der Waals surface area contributed by atoms with Crippen molar-refractivity contribution in [2.75, 3.05) is 43.0 Å². The highest BCUT2D eigenvalue weighted by Gasteiger charge is 2.21. The number of anilines is 2. The third-order valence-corrected chi connectivity index (χ3v) is 5.57. The zero-order valence-corrected chi connectivity index (χ0v) is 18.5. The number of hydrogen-bond donors (Lipinski definition) is 1. The van der Waals surface area contributed by atoms with Crippen LogP contribution in [0.5, 0.6) is 0 Å². The van der Waals surface area contributed by atoms with Crippen LogP contribution in [0.25, 0.3) is 17.2 Å². The molecule has 4 rings (SSSR count). The normalized spacial score (nSPS) is 14.4. The lowest BCUT2D eigenvalue weighted by Crippen LogP contribution is -2.47. The predicted molar refractivity (Wildman–Crippen MR) is 128 cm³/mol. The maximum absolute atomic E-state index is 4.70. The Morgan fingerprint density at radius 2 is 1.68 bits per heavy atom. The lowest BCUT2D eigenvalue weighted by Gasteiger charge is -2.36. The Balaban J connectivity index is 1.41. The highest BCUT2D eigenvalue weighted by molar-refractivity contribution is 5.63. The summed E-state index contributed by atoms with van der Waals surface area (Å²) in [6, 6.07) is 10.7. The van der Waals surface area contributed by atoms with Crippen molar-refractivity contribution in [2.45, 2.75) is 20.4 Å². The smallest absolute Gasteiger partial charge is 0.225 e. The van der Waals surface area contributed by atoms with Crippen LogP contribution in [-0.4, -0.2) is 48.2 Å². The molecule has 0 saturated carbocycles. The first-order chi connectivity index (χ1) is 15.2. The monoisotopic (exact) mass is 414 g/mol. The summed E-state index contributed by atoms with van der Waals surface area (Å²) in [4.78, 5) is 18.6. The summed E-state index contributed by atoms with van der Waals surface area (Å²) in [5.74, 6) is 1.87. The molecule has 6 heteroatoms. The van der Waals surface area contributed by atoms with Crippen molar-refractivity contribution in [2.24, 2.45) is 0 Å². The summed E-state index contributed by atoms with van der Waals surface area (Å²) in [6.45, 7) is 8.60. The second kappa shape index (κ2) is 9.71. The molecule has 31 heavy (non-hydrogen) atoms. The van der Waals surface area contributed by atoms with E-state index in [1.165, 1.54) is 11.1 Å². The molecule has 0 spiro atoms. The fraction of sp³-hybridized carbons (Fsp3) is 0.320. The van der Waals surface area contributed by atoms with Crippen molar-refractivity contribution in [3.63, 3.8) is 0 Å². The first-order valence-electron chi connectivity index (χ1n) is 10.8. The van der Waals surface area contributed by atoms with Crippen LogP contribution in [0.3, 0.4) is 0 Å². The van der Waals surface area contributed by atoms with Crippen LogP contribution in [0.2, 0.25) is 0 Å². The van der Waals surface area contributed by atoms with E-state index in [1.54, 1.807) is 0 Å². The number of nitrogens with zero attached hydrogens (tertiary/aromatic N) is 5. The van der Waals surface area contributed by atoms with Crippen molar-refractivity contribution in [1.82, 2.24) is 20.3 Å². The average molecular weight is 415 g/mol. The molecule has 3 aromatic rings. The quantitative estimate of drug-likeness (QED) is 0.660. The maximum atomic E-state index is 4.70. The van der Waals surface area contributed by atoms with Crippen molar-refractivity contribution < 1.29 is 0 Å². The minimum atomic E-state index is 0.794. The summed E-state index contributed by atoms with van der Waals surface area (Å²) in [5.41, 5.74) is 5.80. The number of pyridine rings is 1. The fourth-order valence-corrected chi connectivity index (χ4v) is 4.02. The number of aromatic nitrogens is 3. The Hall–Kier alpha value is -3.25. The van der Waals surface area contributed by atoms with Gasteiger partial charge in [-0.25, -0.2) is 15.0 Å². The van der Waals surface area contributed by atoms with Crippen LogP contribution < -0.4 is 15.1 Å². The van der Waals surface area contributed by atoms with Gasteiger partial charge < -0.3 is 15.1 Å². The van der Waals surface area contributed by atoms with Gasteiger partial charge in [0, 0.05) is 56.9 Å². The van der Waals surface area contributed by atoms with Gasteiger partial charge in [0.05, 0.1) is 0 Å². The van der Waals surface area contributed by atoms with E-state index in [1.807, 2.05) is 38.6 Å². The zero-order chi connectivity index (χ0) is 21.6. The van der Waals surface area contributed by atoms with Gasteiger partial charge in [0.15, 0.2) is 0 Å². The molecule has 1 aliphatic rings. The second-order valence-electron chi connectivity index (χ2n) is 7.89. The van der Waals surface area contributed by atoms with Crippen LogP contribution in [0.1, 0.15) is 23.6 Å². The summed E-state index contributed by atoms with van der Waals surface area (Å²) < 4.78 is 0. The van der Waals surface area contributed by atoms with Gasteiger partial charge in [-0.1, -0.05) is 30.4 Å². The Labute approximate surface area is 184 Å². The van der Waals surface area contributed by atoms with Crippen LogP contribution in [0, 0.1) is 6.92 Å². The standard InChI is InChI=1S/C25H30N6/c1-4-6-20-13-19(2)24(27-16-20)30-9-11-31(12-10-30)25-28-17-23(18-29-25)22-8-5-7-21(14-22)15-26-3/h4-8,13-14,16-18,26H,9-12,15H2,1-3H3/b6-4+. The lowest BCUT2D eigenvalue weighted by molar-refractivity contribution is 0.633. The van der Waals surface area contributed by atoms with Crippen molar-refractivity contribution >= 4 is 17.8 Å². The average Bonchev–Trinajstić information content (AvgIpc) is 2.80. The Morgan fingerprint density at radius 1 is 0.935 bits per heavy atom. The van der Waals surface area contributed by atoms with E-state index < -0.39 is 0 Å². The molecule has 0 atom stereocenters. The molecule has 3 heterocycles. The Bertz CT molecular complexity index is 1040. The molecular weight excluding hydrogens is 384 g/mol. The van der Waals surface area contributed by atoms with Gasteiger partial charge in [-0.15, -0.1) is 0 Å². The predicted octanol–water partition coefficient (Wildman–Crippen LogP) is 3.93. The van der Waals surface area contributed by atoms with Gasteiger partial charge >= 0.3 is 0 Å². The van der Waals surface area contributed by atoms with Gasteiger partial charge in [-0.2, -0.15) is 0 Å². The molecule has 0 amide bonds. The van der Waals surface area contributed by atoms with Crippen LogP contribution in [0.15, 0.2) is 55.0 Å². The third kappa shape index (κ3) is 4.91. The minimum absolute atomic E-state index is 0.794. The summed E-state index contributed by atoms with van der Waals surface area (Å²) >= 11 is 0. The maximum Gasteiger partial charge on any atom is 0.225 e. The first-order valence-corrected chi connectivity index (χ1v) is 10.8. The van der Waals surface area contributed by atoms with Gasteiger partial charge in [0.1, 0.15) is 5.82 Å². The zero-order valence-electron chi connectivity index (χ0n) is 18.5. The SMILES string of the molecule is C/C=C/c1cnc(N2CCN(c3ncc(-c4cccc(CNC)c4)cn3)CC2)c(C)c1. The van der Waals surface area contributed by atoms with Gasteiger partial charge in [0.2, 0.25) is 5.95 Å². The molecule has 1 aromatic carbocycles. The number of allylic oxidation sites excluding steroid dienone is 1. The van der Waals surface area contributed by atoms with E-state index >= 15 is 0 Å². The van der Waals surface area contributed by atoms with Crippen LogP contribution in [0.4, 0.5) is 11.8 Å². The molecule has 1 N–H and O–H groups in total. The Morgan fingerprint density at radius 3 is 2.35 bits per heavy atom. The number of hydrogen-bond acceptors (Lipinski definition) is 6. The van der Waals surface area contributed by atoms with Crippen molar-refractivity contribution in [3.05, 3.63) is 71.7 Å². The largest absolute Gasteiger partial charge is 0.353 e. The molecule has 1 aliphatic heterocycles. The highest BCUT2D eigenvalue weighted by Crippen LogP contribution is 2.23. The van der Waals surface area contributed by atoms with E-state index in [0.717, 1.165) is 61.2 Å². The van der Waals surface area contributed by atoms with Gasteiger partial charge in [-0.3, -0.25) is 0 Å². The van der Waals surface area contributed by atoms with E-state index in [2.05, 4.69) is 68.4 Å². The van der Waals surface area contributed by atoms with E-state index in [0.29, 0.717) is 0 Å². The molecule has 6 nitrogen and oxygen atoms in total. The summed E-state index contributed by atoms with van der Waals surface area (Å²) in [6.07, 6.45) is 9.93. The molecule has 2 aromatic heterocycles. The molecular formula is C25H30N6. The Kier molecular flexibility index (Phi) is 6.57. The lowest BCUT2D eigenvalue weighted by atomic mass is 10.1. The van der Waals surface area contributed by atoms with Gasteiger partial charge in [0.25, 0.3) is 0 Å². The van der Waals surface area contributed by atoms with E-state index in [9.17, 15) is 0 Å². The number of rotatable bonds is 6. The van der Waals surface area contributed by atoms with Crippen LogP contribution >= 0.6 is 0 Å². The summed E-state index contributed by atoms with van der Waals surface area (Å²) in [5, 5.41) is 3.19. The van der Waals surface area contributed by atoms with E-state index in [4.69, 9.17) is 4.98 Å². The van der Waals surface area contributed by atoms with Crippen molar-refractivity contribution in [1.29, 1.82) is 0 Å². The number of benzene rings is 1. The van der Waals surface area contributed by atoms with Crippen molar-refractivity contribution in [3.8, 4) is 11.1 Å². The molecule has 0 unspecified atom stereocenters. The topological polar surface area (TPSA) is 57.2 Å². The second-order valence-corrected chi connectivity index (χ2v) is 7.89. The third-order valence-electron chi connectivity index (χ3n) is 5.57. The van der Waals surface area contributed by atoms with Crippen LogP contribution in [-0.2, 0) is 6.54 Å². The fourth-order valence-electron chi connectivity index (χ4n) is 4.02. The molecule has 0 aliphatic carbocycles. The van der Waals surface area contributed by atoms with E-state index in [-0.39, 0.29) is 0 Å².